The molecule has 0 unspecified atom stereocenters. The van der Waals surface area contributed by atoms with E-state index in [1.165, 1.54) is 0 Å². The summed E-state index contributed by atoms with van der Waals surface area (Å²) >= 11 is 4.86. The minimum absolute atomic E-state index is 0.811. The standard InChI is InChI=1S/C6H11NS/c1-5(2)4-6(8)7-3/h1,4H2,2-3H3,(H,7,8). The predicted octanol–water partition coefficient (Wildman–Crippen LogP) is 1.50. The van der Waals surface area contributed by atoms with E-state index in [2.05, 4.69) is 11.9 Å². The largest absolute Gasteiger partial charge is 0.382 e. The van der Waals surface area contributed by atoms with Gasteiger partial charge in [-0.25, -0.2) is 0 Å². The fourth-order valence-corrected chi connectivity index (χ4v) is 0.609. The van der Waals surface area contributed by atoms with Gasteiger partial charge in [-0.05, 0) is 6.92 Å². The molecule has 0 aliphatic heterocycles. The fourth-order valence-electron chi connectivity index (χ4n) is 0.362. The first-order valence-corrected chi connectivity index (χ1v) is 2.92. The Labute approximate surface area is 55.8 Å². The van der Waals surface area contributed by atoms with Gasteiger partial charge in [-0.1, -0.05) is 24.4 Å². The van der Waals surface area contributed by atoms with Crippen LogP contribution in [0, 0.1) is 0 Å². The van der Waals surface area contributed by atoms with Crippen LogP contribution >= 0.6 is 12.2 Å². The molecule has 0 amide bonds. The zero-order valence-corrected chi connectivity index (χ0v) is 6.14. The average molecular weight is 129 g/mol. The quantitative estimate of drug-likeness (QED) is 0.448. The van der Waals surface area contributed by atoms with E-state index in [0.29, 0.717) is 0 Å². The molecule has 8 heavy (non-hydrogen) atoms. The zero-order valence-electron chi connectivity index (χ0n) is 5.32. The van der Waals surface area contributed by atoms with Gasteiger partial charge in [0.25, 0.3) is 0 Å². The molecule has 0 spiro atoms. The maximum Gasteiger partial charge on any atom is 0.0791 e. The molecule has 0 aliphatic rings. The average Bonchev–Trinajstić information content (AvgIpc) is 1.65. The van der Waals surface area contributed by atoms with E-state index >= 15 is 0 Å². The van der Waals surface area contributed by atoms with Gasteiger partial charge in [-0.15, -0.1) is 0 Å². The van der Waals surface area contributed by atoms with Gasteiger partial charge < -0.3 is 5.32 Å². The van der Waals surface area contributed by atoms with Crippen LogP contribution in [0.2, 0.25) is 0 Å². The summed E-state index contributed by atoms with van der Waals surface area (Å²) in [6, 6.07) is 0. The van der Waals surface area contributed by atoms with Crippen molar-refractivity contribution in [2.75, 3.05) is 7.05 Å². The summed E-state index contributed by atoms with van der Waals surface area (Å²) in [5, 5.41) is 2.87. The lowest BCUT2D eigenvalue weighted by atomic mass is 10.2. The predicted molar refractivity (Wildman–Crippen MR) is 41.1 cm³/mol. The fraction of sp³-hybridized carbons (Fsp3) is 0.500. The molecule has 1 nitrogen and oxygen atoms in total. The SMILES string of the molecule is C=C(C)CC(=S)NC. The summed E-state index contributed by atoms with van der Waals surface area (Å²) in [6.45, 7) is 5.68. The molecule has 0 bridgehead atoms. The summed E-state index contributed by atoms with van der Waals surface area (Å²) in [4.78, 5) is 0.859. The number of thiocarbonyl (C=S) groups is 1. The molecule has 0 atom stereocenters. The van der Waals surface area contributed by atoms with Gasteiger partial charge in [0.1, 0.15) is 0 Å². The summed E-state index contributed by atoms with van der Waals surface area (Å²) in [5.41, 5.74) is 1.10. The van der Waals surface area contributed by atoms with Crippen molar-refractivity contribution in [2.45, 2.75) is 13.3 Å². The molecule has 0 fully saturated rings. The van der Waals surface area contributed by atoms with Crippen LogP contribution in [0.1, 0.15) is 13.3 Å². The van der Waals surface area contributed by atoms with Crippen LogP contribution in [-0.4, -0.2) is 12.0 Å². The molecule has 0 heterocycles. The van der Waals surface area contributed by atoms with Crippen molar-refractivity contribution in [1.29, 1.82) is 0 Å². The second-order valence-corrected chi connectivity index (χ2v) is 2.30. The molecular formula is C6H11NS. The van der Waals surface area contributed by atoms with Crippen LogP contribution in [0.5, 0.6) is 0 Å². The van der Waals surface area contributed by atoms with Crippen molar-refractivity contribution < 1.29 is 0 Å². The van der Waals surface area contributed by atoms with Crippen LogP contribution in [0.15, 0.2) is 12.2 Å². The van der Waals surface area contributed by atoms with Crippen molar-refractivity contribution in [3.63, 3.8) is 0 Å². The topological polar surface area (TPSA) is 12.0 Å². The molecule has 0 saturated heterocycles. The van der Waals surface area contributed by atoms with Crippen molar-refractivity contribution in [2.24, 2.45) is 0 Å². The van der Waals surface area contributed by atoms with Gasteiger partial charge in [0.2, 0.25) is 0 Å². The summed E-state index contributed by atoms with van der Waals surface area (Å²) in [5.74, 6) is 0. The molecule has 0 aromatic rings. The first kappa shape index (κ1) is 7.63. The molecule has 0 rings (SSSR count). The third-order valence-electron chi connectivity index (χ3n) is 0.741. The minimum atomic E-state index is 0.811. The highest BCUT2D eigenvalue weighted by Gasteiger charge is 1.89. The van der Waals surface area contributed by atoms with Crippen LogP contribution < -0.4 is 5.32 Å². The van der Waals surface area contributed by atoms with Crippen LogP contribution in [0.3, 0.4) is 0 Å². The van der Waals surface area contributed by atoms with Gasteiger partial charge >= 0.3 is 0 Å². The minimum Gasteiger partial charge on any atom is -0.382 e. The van der Waals surface area contributed by atoms with E-state index < -0.39 is 0 Å². The van der Waals surface area contributed by atoms with E-state index in [0.717, 1.165) is 17.0 Å². The third-order valence-corrected chi connectivity index (χ3v) is 1.09. The van der Waals surface area contributed by atoms with E-state index in [4.69, 9.17) is 12.2 Å². The lowest BCUT2D eigenvalue weighted by Gasteiger charge is -1.98. The molecule has 1 N–H and O–H groups in total. The molecule has 0 saturated carbocycles. The van der Waals surface area contributed by atoms with Gasteiger partial charge in [-0.3, -0.25) is 0 Å². The Morgan fingerprint density at radius 1 is 1.75 bits per heavy atom. The van der Waals surface area contributed by atoms with E-state index in [-0.39, 0.29) is 0 Å². The number of nitrogens with one attached hydrogen (secondary N) is 1. The number of rotatable bonds is 2. The molecule has 0 radical (unpaired) electrons. The Kier molecular flexibility index (Phi) is 3.44. The second-order valence-electron chi connectivity index (χ2n) is 1.81. The first-order valence-electron chi connectivity index (χ1n) is 2.51. The Morgan fingerprint density at radius 2 is 2.25 bits per heavy atom. The molecule has 46 valence electrons. The molecule has 0 aromatic heterocycles. The molecule has 2 heteroatoms. The summed E-state index contributed by atoms with van der Waals surface area (Å²) in [7, 11) is 1.82. The third kappa shape index (κ3) is 3.81. The van der Waals surface area contributed by atoms with Crippen molar-refractivity contribution >= 4 is 17.2 Å². The Morgan fingerprint density at radius 3 is 2.38 bits per heavy atom. The Balaban J connectivity index is 3.40. The van der Waals surface area contributed by atoms with Gasteiger partial charge in [0.15, 0.2) is 0 Å². The highest BCUT2D eigenvalue weighted by molar-refractivity contribution is 7.80. The Hall–Kier alpha value is -0.370. The summed E-state index contributed by atoms with van der Waals surface area (Å²) in [6.07, 6.45) is 0.811. The smallest absolute Gasteiger partial charge is 0.0791 e. The van der Waals surface area contributed by atoms with Crippen molar-refractivity contribution in [3.8, 4) is 0 Å². The monoisotopic (exact) mass is 129 g/mol. The van der Waals surface area contributed by atoms with Crippen molar-refractivity contribution in [1.82, 2.24) is 5.32 Å². The number of hydrogen-bond donors (Lipinski definition) is 1. The van der Waals surface area contributed by atoms with Crippen LogP contribution in [0.25, 0.3) is 0 Å². The van der Waals surface area contributed by atoms with E-state index in [1.54, 1.807) is 0 Å². The van der Waals surface area contributed by atoms with Crippen LogP contribution in [-0.2, 0) is 0 Å². The Bertz CT molecular complexity index is 107. The molecular weight excluding hydrogens is 118 g/mol. The lowest BCUT2D eigenvalue weighted by Crippen LogP contribution is -2.14. The molecule has 0 aliphatic carbocycles. The van der Waals surface area contributed by atoms with Crippen molar-refractivity contribution in [3.05, 3.63) is 12.2 Å². The number of hydrogen-bond acceptors (Lipinski definition) is 1. The van der Waals surface area contributed by atoms with E-state index in [1.807, 2.05) is 14.0 Å². The zero-order chi connectivity index (χ0) is 6.57. The highest BCUT2D eigenvalue weighted by atomic mass is 32.1. The van der Waals surface area contributed by atoms with Gasteiger partial charge in [-0.2, -0.15) is 0 Å². The van der Waals surface area contributed by atoms with E-state index in [9.17, 15) is 0 Å². The highest BCUT2D eigenvalue weighted by Crippen LogP contribution is 1.94. The normalized spacial score (nSPS) is 8.25. The van der Waals surface area contributed by atoms with Gasteiger partial charge in [0, 0.05) is 13.5 Å². The second kappa shape index (κ2) is 3.61. The maximum atomic E-state index is 4.86. The first-order chi connectivity index (χ1) is 3.66. The maximum absolute atomic E-state index is 4.86. The molecule has 0 aromatic carbocycles. The van der Waals surface area contributed by atoms with Crippen LogP contribution in [0.4, 0.5) is 0 Å². The van der Waals surface area contributed by atoms with Gasteiger partial charge in [0.05, 0.1) is 4.99 Å². The lowest BCUT2D eigenvalue weighted by molar-refractivity contribution is 1.13. The summed E-state index contributed by atoms with van der Waals surface area (Å²) < 4.78 is 0.